The van der Waals surface area contributed by atoms with E-state index in [4.69, 9.17) is 21.3 Å². The van der Waals surface area contributed by atoms with Crippen molar-refractivity contribution in [1.82, 2.24) is 14.7 Å². The fourth-order valence-electron chi connectivity index (χ4n) is 3.80. The van der Waals surface area contributed by atoms with Crippen LogP contribution in [0.4, 0.5) is 5.82 Å². The molecular weight excluding hydrogens is 440 g/mol. The Kier molecular flexibility index (Phi) is 4.79. The van der Waals surface area contributed by atoms with E-state index < -0.39 is 11.4 Å². The Labute approximate surface area is 185 Å². The molecule has 1 N–H and O–H groups in total. The molecule has 0 atom stereocenters. The maximum atomic E-state index is 13.3. The molecule has 10 heteroatoms. The highest BCUT2D eigenvalue weighted by molar-refractivity contribution is 7.24. The van der Waals surface area contributed by atoms with Crippen LogP contribution in [0.3, 0.4) is 0 Å². The second kappa shape index (κ2) is 7.51. The zero-order chi connectivity index (χ0) is 21.7. The number of esters is 1. The number of anilines is 1. The lowest BCUT2D eigenvalue weighted by Gasteiger charge is -2.27. The smallest absolute Gasteiger partial charge is 0.345 e. The molecule has 5 rings (SSSR count). The van der Waals surface area contributed by atoms with E-state index >= 15 is 0 Å². The first-order chi connectivity index (χ1) is 15.0. The van der Waals surface area contributed by atoms with Crippen LogP contribution in [0.1, 0.15) is 17.3 Å². The molecule has 1 saturated heterocycles. The van der Waals surface area contributed by atoms with Gasteiger partial charge in [0.05, 0.1) is 28.8 Å². The van der Waals surface area contributed by atoms with Gasteiger partial charge in [0, 0.05) is 18.1 Å². The quantitative estimate of drug-likeness (QED) is 0.476. The Balaban J connectivity index is 1.87. The van der Waals surface area contributed by atoms with E-state index in [9.17, 15) is 14.4 Å². The molecule has 1 fully saturated rings. The number of amides is 1. The van der Waals surface area contributed by atoms with Crippen molar-refractivity contribution >= 4 is 66.7 Å². The number of nitrogens with one attached hydrogen (secondary N) is 1. The molecule has 8 nitrogen and oxygen atoms in total. The van der Waals surface area contributed by atoms with Crippen molar-refractivity contribution in [3.8, 4) is 0 Å². The van der Waals surface area contributed by atoms with Gasteiger partial charge in [-0.15, -0.1) is 11.3 Å². The topological polar surface area (TPSA) is 93.0 Å². The summed E-state index contributed by atoms with van der Waals surface area (Å²) >= 11 is 7.55. The van der Waals surface area contributed by atoms with Gasteiger partial charge in [-0.2, -0.15) is 0 Å². The SMILES string of the molecule is CCOC(=O)c1c(=O)c2ccc(N3CCNC(=O)C3)nc2n2c1sc1ccc(Cl)cc12. The maximum absolute atomic E-state index is 13.3. The number of halogens is 1. The van der Waals surface area contributed by atoms with Crippen LogP contribution in [0.5, 0.6) is 0 Å². The molecule has 4 aromatic rings. The van der Waals surface area contributed by atoms with Crippen LogP contribution in [0.2, 0.25) is 5.02 Å². The summed E-state index contributed by atoms with van der Waals surface area (Å²) in [6.07, 6.45) is 0. The van der Waals surface area contributed by atoms with Crippen LogP contribution in [0, 0.1) is 0 Å². The van der Waals surface area contributed by atoms with E-state index in [-0.39, 0.29) is 24.6 Å². The van der Waals surface area contributed by atoms with Gasteiger partial charge in [-0.3, -0.25) is 14.0 Å². The normalized spacial score (nSPS) is 14.4. The van der Waals surface area contributed by atoms with Crippen molar-refractivity contribution in [3.05, 3.63) is 51.1 Å². The average molecular weight is 457 g/mol. The molecule has 1 aliphatic rings. The van der Waals surface area contributed by atoms with Crippen molar-refractivity contribution < 1.29 is 14.3 Å². The Hall–Kier alpha value is -3.17. The second-order valence-corrected chi connectivity index (χ2v) is 8.56. The summed E-state index contributed by atoms with van der Waals surface area (Å²) in [5.74, 6) is -0.164. The lowest BCUT2D eigenvalue weighted by atomic mass is 10.2. The Morgan fingerprint density at radius 1 is 1.29 bits per heavy atom. The molecular formula is C21H17ClN4O4S. The van der Waals surface area contributed by atoms with Crippen LogP contribution in [-0.4, -0.2) is 47.5 Å². The molecule has 31 heavy (non-hydrogen) atoms. The number of hydrogen-bond acceptors (Lipinski definition) is 7. The number of hydrogen-bond donors (Lipinski definition) is 1. The molecule has 0 aliphatic carbocycles. The standard InChI is InChI=1S/C21H17ClN4O4S/c1-2-30-21(29)17-18(28)12-4-6-15(25-8-7-23-16(27)10-25)24-19(12)26-13-9-11(22)3-5-14(13)31-20(17)26/h3-6,9H,2,7-8,10H2,1H3,(H,23,27). The summed E-state index contributed by atoms with van der Waals surface area (Å²) in [6, 6.07) is 8.73. The molecule has 3 aromatic heterocycles. The van der Waals surface area contributed by atoms with Gasteiger partial charge in [-0.25, -0.2) is 9.78 Å². The number of thiazole rings is 1. The van der Waals surface area contributed by atoms with Crippen molar-refractivity contribution in [2.45, 2.75) is 6.92 Å². The predicted molar refractivity (Wildman–Crippen MR) is 121 cm³/mol. The Morgan fingerprint density at radius 2 is 2.13 bits per heavy atom. The van der Waals surface area contributed by atoms with Gasteiger partial charge in [0.1, 0.15) is 16.2 Å². The average Bonchev–Trinajstić information content (AvgIpc) is 3.12. The van der Waals surface area contributed by atoms with Crippen molar-refractivity contribution in [3.63, 3.8) is 0 Å². The third kappa shape index (κ3) is 3.21. The van der Waals surface area contributed by atoms with Gasteiger partial charge < -0.3 is 15.0 Å². The Bertz CT molecular complexity index is 1440. The minimum atomic E-state index is -0.665. The summed E-state index contributed by atoms with van der Waals surface area (Å²) < 4.78 is 7.80. The molecule has 1 aromatic carbocycles. The van der Waals surface area contributed by atoms with E-state index in [1.165, 1.54) is 11.3 Å². The fourth-order valence-corrected chi connectivity index (χ4v) is 5.11. The number of aromatic nitrogens is 2. The van der Waals surface area contributed by atoms with Gasteiger partial charge in [0.15, 0.2) is 5.65 Å². The summed E-state index contributed by atoms with van der Waals surface area (Å²) in [5, 5.41) is 3.61. The van der Waals surface area contributed by atoms with E-state index in [1.807, 2.05) is 11.0 Å². The van der Waals surface area contributed by atoms with E-state index in [0.29, 0.717) is 39.8 Å². The highest BCUT2D eigenvalue weighted by Crippen LogP contribution is 2.33. The van der Waals surface area contributed by atoms with Crippen molar-refractivity contribution in [2.75, 3.05) is 31.1 Å². The van der Waals surface area contributed by atoms with Crippen LogP contribution < -0.4 is 15.6 Å². The predicted octanol–water partition coefficient (Wildman–Crippen LogP) is 2.83. The number of ether oxygens (including phenoxy) is 1. The number of nitrogens with zero attached hydrogens (tertiary/aromatic N) is 3. The van der Waals surface area contributed by atoms with Crippen LogP contribution >= 0.6 is 22.9 Å². The summed E-state index contributed by atoms with van der Waals surface area (Å²) in [4.78, 5) is 44.9. The number of pyridine rings is 2. The number of fused-ring (bicyclic) bond motifs is 5. The summed E-state index contributed by atoms with van der Waals surface area (Å²) in [6.45, 7) is 3.17. The molecule has 158 valence electrons. The highest BCUT2D eigenvalue weighted by Gasteiger charge is 2.25. The molecule has 0 spiro atoms. The largest absolute Gasteiger partial charge is 0.462 e. The van der Waals surface area contributed by atoms with E-state index in [0.717, 1.165) is 10.2 Å². The van der Waals surface area contributed by atoms with Crippen LogP contribution in [0.25, 0.3) is 26.1 Å². The minimum absolute atomic E-state index is 0.0152. The van der Waals surface area contributed by atoms with Gasteiger partial charge >= 0.3 is 5.97 Å². The fraction of sp³-hybridized carbons (Fsp3) is 0.238. The Morgan fingerprint density at radius 3 is 2.90 bits per heavy atom. The molecule has 0 unspecified atom stereocenters. The van der Waals surface area contributed by atoms with E-state index in [2.05, 4.69) is 5.32 Å². The second-order valence-electron chi connectivity index (χ2n) is 7.09. The summed E-state index contributed by atoms with van der Waals surface area (Å²) in [7, 11) is 0. The van der Waals surface area contributed by atoms with Gasteiger partial charge in [0.25, 0.3) is 0 Å². The van der Waals surface area contributed by atoms with Crippen LogP contribution in [-0.2, 0) is 9.53 Å². The van der Waals surface area contributed by atoms with Gasteiger partial charge in [-0.05, 0) is 37.3 Å². The summed E-state index contributed by atoms with van der Waals surface area (Å²) in [5.41, 5.74) is 0.703. The van der Waals surface area contributed by atoms with Gasteiger partial charge in [0.2, 0.25) is 11.3 Å². The number of carbonyl (C=O) groups excluding carboxylic acids is 2. The van der Waals surface area contributed by atoms with E-state index in [1.54, 1.807) is 35.6 Å². The minimum Gasteiger partial charge on any atom is -0.462 e. The number of rotatable bonds is 3. The number of piperazine rings is 1. The molecule has 4 heterocycles. The zero-order valence-corrected chi connectivity index (χ0v) is 18.0. The van der Waals surface area contributed by atoms with Crippen LogP contribution in [0.15, 0.2) is 35.1 Å². The lowest BCUT2D eigenvalue weighted by molar-refractivity contribution is -0.120. The first kappa shape index (κ1) is 19.8. The number of carbonyl (C=O) groups is 2. The highest BCUT2D eigenvalue weighted by atomic mass is 35.5. The number of benzene rings is 1. The lowest BCUT2D eigenvalue weighted by Crippen LogP contribution is -2.48. The zero-order valence-electron chi connectivity index (χ0n) is 16.5. The van der Waals surface area contributed by atoms with Gasteiger partial charge in [-0.1, -0.05) is 11.6 Å². The van der Waals surface area contributed by atoms with Crippen molar-refractivity contribution in [1.29, 1.82) is 0 Å². The third-order valence-electron chi connectivity index (χ3n) is 5.17. The van der Waals surface area contributed by atoms with Crippen molar-refractivity contribution in [2.24, 2.45) is 0 Å². The molecule has 1 aliphatic heterocycles. The molecule has 0 saturated carbocycles. The molecule has 0 bridgehead atoms. The molecule has 0 radical (unpaired) electrons. The first-order valence-electron chi connectivity index (χ1n) is 9.74. The third-order valence-corrected chi connectivity index (χ3v) is 6.55. The molecule has 1 amide bonds. The monoisotopic (exact) mass is 456 g/mol. The first-order valence-corrected chi connectivity index (χ1v) is 10.9. The maximum Gasteiger partial charge on any atom is 0.345 e.